The first-order valence-corrected chi connectivity index (χ1v) is 14.0. The van der Waals surface area contributed by atoms with Crippen molar-refractivity contribution in [3.05, 3.63) is 79.1 Å². The van der Waals surface area contributed by atoms with E-state index >= 15 is 0 Å². The first-order valence-electron chi connectivity index (χ1n) is 14.0. The Balaban J connectivity index is 1.27. The van der Waals surface area contributed by atoms with Gasteiger partial charge < -0.3 is 29.5 Å². The molecule has 0 bridgehead atoms. The number of rotatable bonds is 11. The predicted molar refractivity (Wildman–Crippen MR) is 161 cm³/mol. The molecule has 1 fully saturated rings. The van der Waals surface area contributed by atoms with Gasteiger partial charge >= 0.3 is 5.97 Å². The molecule has 1 aliphatic rings. The van der Waals surface area contributed by atoms with E-state index in [0.29, 0.717) is 36.2 Å². The number of pyridine rings is 1. The van der Waals surface area contributed by atoms with Crippen molar-refractivity contribution in [2.45, 2.75) is 45.3 Å². The van der Waals surface area contributed by atoms with E-state index in [1.54, 1.807) is 24.5 Å². The van der Waals surface area contributed by atoms with E-state index in [-0.39, 0.29) is 6.10 Å². The van der Waals surface area contributed by atoms with Gasteiger partial charge in [0, 0.05) is 12.1 Å². The lowest BCUT2D eigenvalue weighted by Crippen LogP contribution is -2.41. The summed E-state index contributed by atoms with van der Waals surface area (Å²) in [6.07, 6.45) is 5.33. The molecule has 0 aliphatic carbocycles. The quantitative estimate of drug-likeness (QED) is 0.224. The number of carbonyl (C=O) groups is 1. The van der Waals surface area contributed by atoms with E-state index in [1.165, 1.54) is 13.8 Å². The van der Waals surface area contributed by atoms with Crippen molar-refractivity contribution in [1.29, 1.82) is 0 Å². The number of hydrogen-bond acceptors (Lipinski definition) is 9. The summed E-state index contributed by atoms with van der Waals surface area (Å²) < 4.78 is 17.8. The molecule has 0 unspecified atom stereocenters. The van der Waals surface area contributed by atoms with E-state index in [0.717, 1.165) is 42.3 Å². The molecule has 218 valence electrons. The average Bonchev–Trinajstić information content (AvgIpc) is 2.99. The standard InChI is InChI=1S/C32H35N5O5/c1-4-40-26-14-5-6-15-27(26)41-24-12-9-17-37(21-24)30-20-33-19-29(36-30)35-28-16-8-13-25(34-28)22-10-7-11-23(18-22)42-32(2,3)31(38)39/h5-8,10-11,13-16,18-20,24H,4,9,12,17,21H2,1-3H3,(H,38,39)(H,34,35,36)/t24-/m1/s1. The summed E-state index contributed by atoms with van der Waals surface area (Å²) in [5.41, 5.74) is 0.140. The number of nitrogens with zero attached hydrogens (tertiary/aromatic N) is 4. The van der Waals surface area contributed by atoms with Gasteiger partial charge in [-0.2, -0.15) is 0 Å². The van der Waals surface area contributed by atoms with Crippen molar-refractivity contribution in [2.24, 2.45) is 0 Å². The zero-order valence-corrected chi connectivity index (χ0v) is 24.0. The number of carboxylic acids is 1. The van der Waals surface area contributed by atoms with Gasteiger partial charge in [-0.3, -0.25) is 4.98 Å². The van der Waals surface area contributed by atoms with Crippen LogP contribution in [0.3, 0.4) is 0 Å². The summed E-state index contributed by atoms with van der Waals surface area (Å²) in [6.45, 7) is 7.11. The summed E-state index contributed by atoms with van der Waals surface area (Å²) in [5, 5.41) is 12.7. The predicted octanol–water partition coefficient (Wildman–Crippen LogP) is 5.97. The zero-order chi connectivity index (χ0) is 29.5. The average molecular weight is 570 g/mol. The normalized spacial score (nSPS) is 15.1. The Labute approximate surface area is 245 Å². The Bertz CT molecular complexity index is 1530. The van der Waals surface area contributed by atoms with Crippen molar-refractivity contribution < 1.29 is 24.1 Å². The number of carboxylic acid groups (broad SMARTS) is 1. The molecule has 10 nitrogen and oxygen atoms in total. The van der Waals surface area contributed by atoms with E-state index in [1.807, 2.05) is 61.5 Å². The van der Waals surface area contributed by atoms with Crippen LogP contribution in [0.5, 0.6) is 17.2 Å². The summed E-state index contributed by atoms with van der Waals surface area (Å²) in [7, 11) is 0. The number of nitrogens with one attached hydrogen (secondary N) is 1. The molecule has 10 heteroatoms. The number of aliphatic carboxylic acids is 1. The fourth-order valence-corrected chi connectivity index (χ4v) is 4.67. The smallest absolute Gasteiger partial charge is 0.347 e. The van der Waals surface area contributed by atoms with Crippen molar-refractivity contribution in [1.82, 2.24) is 15.0 Å². The molecule has 1 aliphatic heterocycles. The fourth-order valence-electron chi connectivity index (χ4n) is 4.67. The molecule has 3 heterocycles. The highest BCUT2D eigenvalue weighted by atomic mass is 16.5. The largest absolute Gasteiger partial charge is 0.490 e. The minimum absolute atomic E-state index is 0.00191. The first kappa shape index (κ1) is 28.7. The van der Waals surface area contributed by atoms with Crippen LogP contribution < -0.4 is 24.4 Å². The SMILES string of the molecule is CCOc1ccccc1O[C@@H]1CCCN(c2cncc(Nc3cccc(-c4cccc(OC(C)(C)C(=O)O)c4)n3)n2)C1. The third-order valence-electron chi connectivity index (χ3n) is 6.79. The van der Waals surface area contributed by atoms with Crippen LogP contribution in [-0.2, 0) is 4.79 Å². The number of hydrogen-bond donors (Lipinski definition) is 2. The second kappa shape index (κ2) is 12.8. The molecule has 1 atom stereocenters. The molecule has 0 saturated carbocycles. The molecular formula is C32H35N5O5. The van der Waals surface area contributed by atoms with Crippen LogP contribution in [0.25, 0.3) is 11.3 Å². The van der Waals surface area contributed by atoms with Crippen molar-refractivity contribution >= 4 is 23.4 Å². The van der Waals surface area contributed by atoms with Gasteiger partial charge in [0.2, 0.25) is 0 Å². The lowest BCUT2D eigenvalue weighted by molar-refractivity contribution is -0.152. The van der Waals surface area contributed by atoms with Gasteiger partial charge in [0.1, 0.15) is 23.5 Å². The second-order valence-corrected chi connectivity index (χ2v) is 10.4. The molecule has 5 rings (SSSR count). The minimum Gasteiger partial charge on any atom is -0.490 e. The summed E-state index contributed by atoms with van der Waals surface area (Å²) in [6, 6.07) is 20.6. The van der Waals surface area contributed by atoms with Crippen LogP contribution in [0.1, 0.15) is 33.6 Å². The van der Waals surface area contributed by atoms with Crippen LogP contribution in [0.4, 0.5) is 17.5 Å². The zero-order valence-electron chi connectivity index (χ0n) is 24.0. The minimum atomic E-state index is -1.35. The molecule has 1 saturated heterocycles. The van der Waals surface area contributed by atoms with Crippen molar-refractivity contribution in [3.8, 4) is 28.5 Å². The highest BCUT2D eigenvalue weighted by Crippen LogP contribution is 2.30. The van der Waals surface area contributed by atoms with Gasteiger partial charge in [-0.25, -0.2) is 14.8 Å². The third-order valence-corrected chi connectivity index (χ3v) is 6.79. The van der Waals surface area contributed by atoms with Crippen LogP contribution in [0.15, 0.2) is 79.1 Å². The van der Waals surface area contributed by atoms with Crippen LogP contribution in [0.2, 0.25) is 0 Å². The highest BCUT2D eigenvalue weighted by Gasteiger charge is 2.29. The van der Waals surface area contributed by atoms with Gasteiger partial charge in [0.05, 0.1) is 31.2 Å². The lowest BCUT2D eigenvalue weighted by atomic mass is 10.1. The Morgan fingerprint density at radius 2 is 1.83 bits per heavy atom. The first-order chi connectivity index (χ1) is 20.3. The topological polar surface area (TPSA) is 119 Å². The number of para-hydroxylation sites is 2. The van der Waals surface area contributed by atoms with Gasteiger partial charge in [0.15, 0.2) is 22.9 Å². The maximum Gasteiger partial charge on any atom is 0.347 e. The molecule has 0 spiro atoms. The Morgan fingerprint density at radius 3 is 2.64 bits per heavy atom. The fraction of sp³-hybridized carbons (Fsp3) is 0.312. The van der Waals surface area contributed by atoms with Crippen LogP contribution in [0, 0.1) is 0 Å². The van der Waals surface area contributed by atoms with Gasteiger partial charge in [-0.05, 0) is 70.0 Å². The van der Waals surface area contributed by atoms with Gasteiger partial charge in [-0.1, -0.05) is 30.3 Å². The van der Waals surface area contributed by atoms with Gasteiger partial charge in [-0.15, -0.1) is 0 Å². The van der Waals surface area contributed by atoms with E-state index < -0.39 is 11.6 Å². The Kier molecular flexibility index (Phi) is 8.71. The second-order valence-electron chi connectivity index (χ2n) is 10.4. The molecular weight excluding hydrogens is 534 g/mol. The number of benzene rings is 2. The Hall–Kier alpha value is -4.86. The van der Waals surface area contributed by atoms with E-state index in [2.05, 4.69) is 15.2 Å². The number of ether oxygens (including phenoxy) is 3. The summed E-state index contributed by atoms with van der Waals surface area (Å²) >= 11 is 0. The van der Waals surface area contributed by atoms with Crippen molar-refractivity contribution in [3.63, 3.8) is 0 Å². The number of piperidine rings is 1. The number of anilines is 3. The Morgan fingerprint density at radius 1 is 1.02 bits per heavy atom. The molecule has 42 heavy (non-hydrogen) atoms. The summed E-state index contributed by atoms with van der Waals surface area (Å²) in [4.78, 5) is 27.6. The van der Waals surface area contributed by atoms with Crippen LogP contribution in [-0.4, -0.2) is 57.4 Å². The lowest BCUT2D eigenvalue weighted by Gasteiger charge is -2.33. The molecule has 2 aromatic heterocycles. The van der Waals surface area contributed by atoms with E-state index in [9.17, 15) is 9.90 Å². The summed E-state index contributed by atoms with van der Waals surface area (Å²) in [5.74, 6) is 2.84. The maximum atomic E-state index is 11.5. The molecule has 2 aromatic carbocycles. The van der Waals surface area contributed by atoms with E-state index in [4.69, 9.17) is 24.2 Å². The maximum absolute atomic E-state index is 11.5. The highest BCUT2D eigenvalue weighted by molar-refractivity contribution is 5.77. The molecule has 4 aromatic rings. The molecule has 2 N–H and O–H groups in total. The molecule has 0 radical (unpaired) electrons. The monoisotopic (exact) mass is 569 g/mol. The molecule has 0 amide bonds. The van der Waals surface area contributed by atoms with Gasteiger partial charge in [0.25, 0.3) is 0 Å². The van der Waals surface area contributed by atoms with Crippen molar-refractivity contribution in [2.75, 3.05) is 29.9 Å². The van der Waals surface area contributed by atoms with Crippen LogP contribution >= 0.6 is 0 Å². The third kappa shape index (κ3) is 7.06. The number of aromatic nitrogens is 3.